The molecule has 1 aromatic carbocycles. The first-order chi connectivity index (χ1) is 10.1. The van der Waals surface area contributed by atoms with Crippen molar-refractivity contribution >= 4 is 28.5 Å². The summed E-state index contributed by atoms with van der Waals surface area (Å²) in [5.74, 6) is -0.0302. The number of hydrogen-bond acceptors (Lipinski definition) is 2. The first-order valence-corrected chi connectivity index (χ1v) is 7.94. The van der Waals surface area contributed by atoms with Crippen LogP contribution < -0.4 is 0 Å². The normalized spacial score (nSPS) is 14.5. The maximum Gasteiger partial charge on any atom is 0.339 e. The van der Waals surface area contributed by atoms with E-state index >= 15 is 0 Å². The largest absolute Gasteiger partial charge is 0.462 e. The zero-order chi connectivity index (χ0) is 15.0. The van der Waals surface area contributed by atoms with Crippen molar-refractivity contribution in [3.05, 3.63) is 34.0 Å². The highest BCUT2D eigenvalue weighted by molar-refractivity contribution is 6.34. The predicted molar refractivity (Wildman–Crippen MR) is 85.1 cm³/mol. The Hall–Kier alpha value is -1.48. The van der Waals surface area contributed by atoms with Gasteiger partial charge in [0.05, 0.1) is 17.2 Å². The Kier molecular flexibility index (Phi) is 3.94. The van der Waals surface area contributed by atoms with Crippen molar-refractivity contribution in [1.29, 1.82) is 0 Å². The molecule has 0 atom stereocenters. The molecule has 1 aliphatic carbocycles. The van der Waals surface area contributed by atoms with Crippen LogP contribution in [0, 0.1) is 5.92 Å². The zero-order valence-corrected chi connectivity index (χ0v) is 13.2. The van der Waals surface area contributed by atoms with E-state index in [4.69, 9.17) is 16.3 Å². The number of fused-ring (bicyclic) bond motifs is 3. The maximum atomic E-state index is 12.1. The summed E-state index contributed by atoms with van der Waals surface area (Å²) in [5, 5.41) is 1.62. The van der Waals surface area contributed by atoms with Crippen molar-refractivity contribution in [2.45, 2.75) is 39.5 Å². The van der Waals surface area contributed by atoms with Crippen LogP contribution >= 0.6 is 11.6 Å². The summed E-state index contributed by atoms with van der Waals surface area (Å²) in [6.45, 7) is 4.43. The van der Waals surface area contributed by atoms with Gasteiger partial charge in [-0.1, -0.05) is 25.4 Å². The number of halogens is 1. The average molecular weight is 306 g/mol. The van der Waals surface area contributed by atoms with Crippen molar-refractivity contribution in [3.8, 4) is 0 Å². The fourth-order valence-electron chi connectivity index (χ4n) is 2.91. The number of carbonyl (C=O) groups excluding carboxylic acids is 1. The van der Waals surface area contributed by atoms with Crippen LogP contribution in [-0.4, -0.2) is 17.6 Å². The summed E-state index contributed by atoms with van der Waals surface area (Å²) >= 11 is 6.30. The molecular formula is C17H20ClNO2. The van der Waals surface area contributed by atoms with Crippen LogP contribution in [0.15, 0.2) is 12.1 Å². The van der Waals surface area contributed by atoms with E-state index in [1.165, 1.54) is 24.1 Å². The van der Waals surface area contributed by atoms with E-state index in [-0.39, 0.29) is 5.97 Å². The Bertz CT molecular complexity index is 688. The van der Waals surface area contributed by atoms with Crippen molar-refractivity contribution in [2.24, 2.45) is 5.92 Å². The number of ether oxygens (including phenoxy) is 1. The number of hydrogen-bond donors (Lipinski definition) is 1. The Labute approximate surface area is 129 Å². The van der Waals surface area contributed by atoms with E-state index in [1.54, 1.807) is 0 Å². The molecule has 21 heavy (non-hydrogen) atoms. The van der Waals surface area contributed by atoms with Crippen molar-refractivity contribution in [3.63, 3.8) is 0 Å². The Morgan fingerprint density at radius 1 is 1.33 bits per heavy atom. The Balaban J connectivity index is 1.97. The molecule has 0 saturated carbocycles. The molecular weight excluding hydrogens is 286 g/mol. The Morgan fingerprint density at radius 3 is 2.86 bits per heavy atom. The number of benzene rings is 1. The number of nitrogens with one attached hydrogen (secondary N) is 1. The number of aryl methyl sites for hydroxylation is 2. The smallest absolute Gasteiger partial charge is 0.339 e. The molecule has 0 aliphatic heterocycles. The van der Waals surface area contributed by atoms with Crippen LogP contribution in [0.5, 0.6) is 0 Å². The minimum absolute atomic E-state index is 0.314. The SMILES string of the molecule is CC(C)COC(=O)c1cc2[nH]c3c(c2cc1Cl)CCCC3. The number of rotatable bonds is 3. The van der Waals surface area contributed by atoms with Gasteiger partial charge < -0.3 is 9.72 Å². The van der Waals surface area contributed by atoms with Crippen molar-refractivity contribution in [2.75, 3.05) is 6.61 Å². The summed E-state index contributed by atoms with van der Waals surface area (Å²) < 4.78 is 5.28. The zero-order valence-electron chi connectivity index (χ0n) is 12.5. The van der Waals surface area contributed by atoms with Crippen LogP contribution in [-0.2, 0) is 17.6 Å². The number of aromatic amines is 1. The van der Waals surface area contributed by atoms with Crippen LogP contribution in [0.2, 0.25) is 5.02 Å². The lowest BCUT2D eigenvalue weighted by atomic mass is 9.95. The lowest BCUT2D eigenvalue weighted by molar-refractivity contribution is 0.0459. The summed E-state index contributed by atoms with van der Waals surface area (Å²) in [6.07, 6.45) is 4.60. The van der Waals surface area contributed by atoms with Gasteiger partial charge in [0, 0.05) is 16.6 Å². The monoisotopic (exact) mass is 305 g/mol. The average Bonchev–Trinajstić information content (AvgIpc) is 2.81. The summed E-state index contributed by atoms with van der Waals surface area (Å²) in [7, 11) is 0. The lowest BCUT2D eigenvalue weighted by Gasteiger charge is -2.11. The molecule has 0 amide bonds. The minimum Gasteiger partial charge on any atom is -0.462 e. The minimum atomic E-state index is -0.344. The van der Waals surface area contributed by atoms with Crippen LogP contribution in [0.4, 0.5) is 0 Å². The molecule has 0 saturated heterocycles. The van der Waals surface area contributed by atoms with Gasteiger partial charge in [0.1, 0.15) is 0 Å². The molecule has 1 N–H and O–H groups in total. The molecule has 3 rings (SSSR count). The fraction of sp³-hybridized carbons (Fsp3) is 0.471. The fourth-order valence-corrected chi connectivity index (χ4v) is 3.15. The molecule has 0 unspecified atom stereocenters. The topological polar surface area (TPSA) is 42.1 Å². The highest BCUT2D eigenvalue weighted by atomic mass is 35.5. The summed E-state index contributed by atoms with van der Waals surface area (Å²) in [6, 6.07) is 3.74. The highest BCUT2D eigenvalue weighted by Crippen LogP contribution is 2.32. The van der Waals surface area contributed by atoms with Crippen LogP contribution in [0.25, 0.3) is 10.9 Å². The quantitative estimate of drug-likeness (QED) is 0.848. The molecule has 1 aromatic heterocycles. The van der Waals surface area contributed by atoms with Gasteiger partial charge in [-0.05, 0) is 49.3 Å². The number of H-pyrrole nitrogens is 1. The lowest BCUT2D eigenvalue weighted by Crippen LogP contribution is -2.10. The second-order valence-electron chi connectivity index (χ2n) is 6.16. The van der Waals surface area contributed by atoms with E-state index in [0.29, 0.717) is 23.1 Å². The molecule has 1 aliphatic rings. The molecule has 0 radical (unpaired) electrons. The van der Waals surface area contributed by atoms with Crippen molar-refractivity contribution in [1.82, 2.24) is 4.98 Å². The van der Waals surface area contributed by atoms with Gasteiger partial charge in [-0.15, -0.1) is 0 Å². The van der Waals surface area contributed by atoms with E-state index in [9.17, 15) is 4.79 Å². The molecule has 2 aromatic rings. The molecule has 112 valence electrons. The highest BCUT2D eigenvalue weighted by Gasteiger charge is 2.19. The van der Waals surface area contributed by atoms with E-state index in [1.807, 2.05) is 26.0 Å². The van der Waals surface area contributed by atoms with Gasteiger partial charge in [-0.25, -0.2) is 4.79 Å². The third-order valence-corrected chi connectivity index (χ3v) is 4.27. The van der Waals surface area contributed by atoms with Crippen molar-refractivity contribution < 1.29 is 9.53 Å². The Morgan fingerprint density at radius 2 is 2.10 bits per heavy atom. The maximum absolute atomic E-state index is 12.1. The van der Waals surface area contributed by atoms with E-state index < -0.39 is 0 Å². The van der Waals surface area contributed by atoms with Gasteiger partial charge in [-0.3, -0.25) is 0 Å². The first kappa shape index (κ1) is 14.5. The standard InChI is InChI=1S/C17H20ClNO2/c1-10(2)9-21-17(20)13-8-16-12(7-14(13)18)11-5-3-4-6-15(11)19-16/h7-8,10,19H,3-6,9H2,1-2H3. The molecule has 0 bridgehead atoms. The molecule has 3 nitrogen and oxygen atoms in total. The molecule has 1 heterocycles. The van der Waals surface area contributed by atoms with Crippen LogP contribution in [0.3, 0.4) is 0 Å². The third kappa shape index (κ3) is 2.80. The van der Waals surface area contributed by atoms with E-state index in [2.05, 4.69) is 4.98 Å². The summed E-state index contributed by atoms with van der Waals surface area (Å²) in [4.78, 5) is 15.6. The number of aromatic nitrogens is 1. The third-order valence-electron chi connectivity index (χ3n) is 3.95. The predicted octanol–water partition coefficient (Wildman–Crippen LogP) is 4.51. The molecule has 0 spiro atoms. The summed E-state index contributed by atoms with van der Waals surface area (Å²) in [5.41, 5.74) is 4.09. The van der Waals surface area contributed by atoms with Gasteiger partial charge in [0.2, 0.25) is 0 Å². The van der Waals surface area contributed by atoms with Gasteiger partial charge >= 0.3 is 5.97 Å². The first-order valence-electron chi connectivity index (χ1n) is 7.56. The second-order valence-corrected chi connectivity index (χ2v) is 6.57. The number of esters is 1. The second kappa shape index (κ2) is 5.72. The van der Waals surface area contributed by atoms with Gasteiger partial charge in [-0.2, -0.15) is 0 Å². The van der Waals surface area contributed by atoms with Gasteiger partial charge in [0.15, 0.2) is 0 Å². The number of carbonyl (C=O) groups is 1. The molecule has 0 fully saturated rings. The van der Waals surface area contributed by atoms with E-state index in [0.717, 1.165) is 23.7 Å². The molecule has 4 heteroatoms. The van der Waals surface area contributed by atoms with Crippen LogP contribution in [0.1, 0.15) is 48.3 Å². The van der Waals surface area contributed by atoms with Gasteiger partial charge in [0.25, 0.3) is 0 Å².